The van der Waals surface area contributed by atoms with E-state index in [1.165, 1.54) is 6.07 Å². The van der Waals surface area contributed by atoms with Gasteiger partial charge in [-0.05, 0) is 54.4 Å². The number of piperazine rings is 1. The fourth-order valence-corrected chi connectivity index (χ4v) is 7.69. The second-order valence-corrected chi connectivity index (χ2v) is 13.3. The minimum atomic E-state index is -4.09. The van der Waals surface area contributed by atoms with Crippen LogP contribution in [0.5, 0.6) is 0 Å². The number of aliphatic carboxylic acids is 1. The molecule has 2 atom stereocenters. The maximum absolute atomic E-state index is 13.2. The van der Waals surface area contributed by atoms with E-state index in [2.05, 4.69) is 9.62 Å². The predicted octanol–water partition coefficient (Wildman–Crippen LogP) is 3.67. The van der Waals surface area contributed by atoms with Gasteiger partial charge in [0.15, 0.2) is 0 Å². The van der Waals surface area contributed by atoms with Gasteiger partial charge in [0.25, 0.3) is 10.0 Å². The average Bonchev–Trinajstić information content (AvgIpc) is 3.37. The lowest BCUT2D eigenvalue weighted by Crippen LogP contribution is -2.47. The lowest BCUT2D eigenvalue weighted by molar-refractivity contribution is -0.140. The highest BCUT2D eigenvalue weighted by Gasteiger charge is 2.63. The van der Waals surface area contributed by atoms with Crippen LogP contribution in [0, 0.1) is 0 Å². The molecule has 11 heteroatoms. The Hall–Kier alpha value is -2.76. The number of carboxylic acids is 1. The molecular formula is C27H28ClN3O5S2. The standard InChI is InChI=1S/C27H28ClN3O5S2/c1-30-11-13-31(14-12-30)24(32)16-18-3-2-4-20(15-18)22-17-27(22,26(33)34)29-38(35,36)25-10-9-23(37-25)19-5-7-21(28)8-6-19/h2-10,15,22,29H,11-14,16-17H2,1H3,(H,33,34). The highest BCUT2D eigenvalue weighted by atomic mass is 35.5. The van der Waals surface area contributed by atoms with Crippen LogP contribution in [-0.4, -0.2) is 74.0 Å². The number of hydrogen-bond acceptors (Lipinski definition) is 6. The Balaban J connectivity index is 1.31. The topological polar surface area (TPSA) is 107 Å². The molecule has 2 fully saturated rings. The van der Waals surface area contributed by atoms with E-state index in [1.54, 1.807) is 42.5 Å². The summed E-state index contributed by atoms with van der Waals surface area (Å²) >= 11 is 7.01. The number of nitrogens with zero attached hydrogens (tertiary/aromatic N) is 2. The third-order valence-electron chi connectivity index (χ3n) is 7.20. The third-order valence-corrected chi connectivity index (χ3v) is 10.6. The number of sulfonamides is 1. The summed E-state index contributed by atoms with van der Waals surface area (Å²) < 4.78 is 29.0. The van der Waals surface area contributed by atoms with Gasteiger partial charge in [-0.15, -0.1) is 11.3 Å². The molecule has 0 spiro atoms. The monoisotopic (exact) mass is 573 g/mol. The molecule has 1 aliphatic carbocycles. The number of carboxylic acid groups (broad SMARTS) is 1. The van der Waals surface area contributed by atoms with E-state index >= 15 is 0 Å². The zero-order valence-electron chi connectivity index (χ0n) is 20.8. The maximum Gasteiger partial charge on any atom is 0.325 e. The summed E-state index contributed by atoms with van der Waals surface area (Å²) in [7, 11) is -2.06. The first kappa shape index (κ1) is 26.8. The van der Waals surface area contributed by atoms with E-state index in [9.17, 15) is 23.1 Å². The summed E-state index contributed by atoms with van der Waals surface area (Å²) in [5, 5.41) is 10.6. The molecule has 2 N–H and O–H groups in total. The van der Waals surface area contributed by atoms with Crippen molar-refractivity contribution < 1.29 is 23.1 Å². The van der Waals surface area contributed by atoms with E-state index in [-0.39, 0.29) is 23.0 Å². The molecule has 2 heterocycles. The number of hydrogen-bond donors (Lipinski definition) is 2. The van der Waals surface area contributed by atoms with E-state index in [4.69, 9.17) is 11.6 Å². The molecule has 200 valence electrons. The van der Waals surface area contributed by atoms with Gasteiger partial charge in [-0.25, -0.2) is 8.42 Å². The van der Waals surface area contributed by atoms with E-state index in [1.807, 2.05) is 24.1 Å². The van der Waals surface area contributed by atoms with Crippen molar-refractivity contribution in [2.45, 2.75) is 28.5 Å². The van der Waals surface area contributed by atoms with Gasteiger partial charge in [0.2, 0.25) is 5.91 Å². The number of amides is 1. The number of nitrogens with one attached hydrogen (secondary N) is 1. The van der Waals surface area contributed by atoms with E-state index < -0.39 is 27.4 Å². The molecule has 0 radical (unpaired) electrons. The van der Waals surface area contributed by atoms with Gasteiger partial charge >= 0.3 is 5.97 Å². The van der Waals surface area contributed by atoms with E-state index in [0.717, 1.165) is 40.4 Å². The Bertz CT molecular complexity index is 1470. The lowest BCUT2D eigenvalue weighted by atomic mass is 10.0. The third kappa shape index (κ3) is 5.50. The summed E-state index contributed by atoms with van der Waals surface area (Å²) in [6.45, 7) is 3.04. The van der Waals surface area contributed by atoms with Crippen molar-refractivity contribution in [3.63, 3.8) is 0 Å². The number of carbonyl (C=O) groups excluding carboxylic acids is 1. The first-order valence-corrected chi connectivity index (χ1v) is 14.9. The van der Waals surface area contributed by atoms with Crippen LogP contribution in [0.2, 0.25) is 5.02 Å². The molecule has 5 rings (SSSR count). The minimum absolute atomic E-state index is 0.0328. The Morgan fingerprint density at radius 1 is 1.08 bits per heavy atom. The molecular weight excluding hydrogens is 546 g/mol. The zero-order valence-corrected chi connectivity index (χ0v) is 23.2. The number of carbonyl (C=O) groups is 2. The van der Waals surface area contributed by atoms with Crippen LogP contribution >= 0.6 is 22.9 Å². The van der Waals surface area contributed by atoms with Gasteiger partial charge in [-0.1, -0.05) is 48.0 Å². The fraction of sp³-hybridized carbons (Fsp3) is 0.333. The zero-order chi connectivity index (χ0) is 27.1. The first-order chi connectivity index (χ1) is 18.1. The Labute approximate surface area is 230 Å². The number of halogens is 1. The van der Waals surface area contributed by atoms with Crippen molar-refractivity contribution in [2.75, 3.05) is 33.2 Å². The molecule has 0 bridgehead atoms. The second-order valence-electron chi connectivity index (χ2n) is 9.87. The van der Waals surface area contributed by atoms with Crippen LogP contribution < -0.4 is 4.72 Å². The molecule has 1 saturated carbocycles. The predicted molar refractivity (Wildman–Crippen MR) is 147 cm³/mol. The van der Waals surface area contributed by atoms with Crippen LogP contribution in [0.3, 0.4) is 0 Å². The molecule has 1 saturated heterocycles. The van der Waals surface area contributed by atoms with Crippen molar-refractivity contribution in [3.8, 4) is 10.4 Å². The lowest BCUT2D eigenvalue weighted by Gasteiger charge is -2.32. The van der Waals surface area contributed by atoms with Gasteiger partial charge in [0.1, 0.15) is 9.75 Å². The molecule has 38 heavy (non-hydrogen) atoms. The molecule has 1 aliphatic heterocycles. The molecule has 2 aliphatic rings. The van der Waals surface area contributed by atoms with Crippen LogP contribution in [0.1, 0.15) is 23.5 Å². The van der Waals surface area contributed by atoms with Gasteiger partial charge < -0.3 is 14.9 Å². The van der Waals surface area contributed by atoms with Crippen LogP contribution in [-0.2, 0) is 26.0 Å². The van der Waals surface area contributed by atoms with Crippen molar-refractivity contribution >= 4 is 44.8 Å². The van der Waals surface area contributed by atoms with Gasteiger partial charge in [-0.3, -0.25) is 9.59 Å². The molecule has 2 unspecified atom stereocenters. The number of rotatable bonds is 8. The van der Waals surface area contributed by atoms with Crippen molar-refractivity contribution in [3.05, 3.63) is 76.8 Å². The summed E-state index contributed by atoms with van der Waals surface area (Å²) in [5.74, 6) is -1.73. The number of thiophene rings is 1. The second kappa shape index (κ2) is 10.4. The largest absolute Gasteiger partial charge is 0.480 e. The highest BCUT2D eigenvalue weighted by Crippen LogP contribution is 2.53. The molecule has 2 aromatic carbocycles. The Morgan fingerprint density at radius 3 is 2.47 bits per heavy atom. The maximum atomic E-state index is 13.2. The van der Waals surface area contributed by atoms with Gasteiger partial charge in [-0.2, -0.15) is 4.72 Å². The first-order valence-electron chi connectivity index (χ1n) is 12.3. The van der Waals surface area contributed by atoms with Crippen LogP contribution in [0.4, 0.5) is 0 Å². The van der Waals surface area contributed by atoms with Gasteiger partial charge in [0.05, 0.1) is 6.42 Å². The summed E-state index contributed by atoms with van der Waals surface area (Å²) in [4.78, 5) is 29.9. The molecule has 1 amide bonds. The highest BCUT2D eigenvalue weighted by molar-refractivity contribution is 7.91. The summed E-state index contributed by atoms with van der Waals surface area (Å²) in [6.07, 6.45) is 0.353. The molecule has 3 aromatic rings. The molecule has 8 nitrogen and oxygen atoms in total. The van der Waals surface area contributed by atoms with Gasteiger partial charge in [0, 0.05) is 42.0 Å². The SMILES string of the molecule is CN1CCN(C(=O)Cc2cccc(C3CC3(NS(=O)(=O)c3ccc(-c4ccc(Cl)cc4)s3)C(=O)O)c2)CC1. The Kier molecular flexibility index (Phi) is 7.36. The average molecular weight is 574 g/mol. The summed E-state index contributed by atoms with van der Waals surface area (Å²) in [6, 6.07) is 17.5. The number of benzene rings is 2. The van der Waals surface area contributed by atoms with Crippen molar-refractivity contribution in [1.82, 2.24) is 14.5 Å². The minimum Gasteiger partial charge on any atom is -0.480 e. The van der Waals surface area contributed by atoms with E-state index in [0.29, 0.717) is 23.7 Å². The number of likely N-dealkylation sites (N-methyl/N-ethyl adjacent to an activating group) is 1. The quantitative estimate of drug-likeness (QED) is 0.426. The Morgan fingerprint density at radius 2 is 1.79 bits per heavy atom. The normalized spacial score (nSPS) is 21.8. The van der Waals surface area contributed by atoms with Crippen molar-refractivity contribution in [1.29, 1.82) is 0 Å². The molecule has 1 aromatic heterocycles. The smallest absolute Gasteiger partial charge is 0.325 e. The van der Waals surface area contributed by atoms with Crippen molar-refractivity contribution in [2.24, 2.45) is 0 Å². The van der Waals surface area contributed by atoms with Crippen LogP contribution in [0.15, 0.2) is 64.9 Å². The fourth-order valence-electron chi connectivity index (χ4n) is 4.84. The summed E-state index contributed by atoms with van der Waals surface area (Å²) in [5.41, 5.74) is 0.669. The van der Waals surface area contributed by atoms with Crippen LogP contribution in [0.25, 0.3) is 10.4 Å².